The molecule has 9 heteroatoms. The number of rotatable bonds is 7. The van der Waals surface area contributed by atoms with Crippen molar-refractivity contribution in [3.8, 4) is 5.88 Å². The summed E-state index contributed by atoms with van der Waals surface area (Å²) in [5, 5.41) is 5.94. The van der Waals surface area contributed by atoms with Gasteiger partial charge in [0.05, 0.1) is 12.1 Å². The van der Waals surface area contributed by atoms with Gasteiger partial charge in [0.2, 0.25) is 5.88 Å². The lowest BCUT2D eigenvalue weighted by atomic mass is 10.3. The quantitative estimate of drug-likeness (QED) is 0.450. The van der Waals surface area contributed by atoms with Crippen LogP contribution in [0.25, 0.3) is 0 Å². The molecule has 0 atom stereocenters. The summed E-state index contributed by atoms with van der Waals surface area (Å²) in [4.78, 5) is 7.90. The highest BCUT2D eigenvalue weighted by Crippen LogP contribution is 2.32. The topological polar surface area (TPSA) is 58.5 Å². The van der Waals surface area contributed by atoms with Crippen LogP contribution in [0.1, 0.15) is 25.8 Å². The molecule has 0 fully saturated rings. The number of nitrogens with zero attached hydrogens (tertiary/aromatic N) is 2. The van der Waals surface area contributed by atoms with Crippen LogP contribution in [0.15, 0.2) is 17.3 Å². The Morgan fingerprint density at radius 1 is 1.35 bits per heavy atom. The molecule has 0 bridgehead atoms. The van der Waals surface area contributed by atoms with Gasteiger partial charge in [-0.05, 0) is 19.4 Å². The monoisotopic (exact) mass is 352 g/mol. The third kappa shape index (κ3) is 6.94. The van der Waals surface area contributed by atoms with E-state index in [-0.39, 0.29) is 17.5 Å². The minimum Gasteiger partial charge on any atom is -0.475 e. The van der Waals surface area contributed by atoms with Gasteiger partial charge in [0, 0.05) is 19.3 Å². The Kier molecular flexibility index (Phi) is 7.94. The van der Waals surface area contributed by atoms with Gasteiger partial charge in [0.1, 0.15) is 11.6 Å². The maximum absolute atomic E-state index is 12.5. The van der Waals surface area contributed by atoms with Gasteiger partial charge in [-0.3, -0.25) is 4.99 Å². The second-order valence-electron chi connectivity index (χ2n) is 4.54. The molecule has 5 nitrogen and oxygen atoms in total. The van der Waals surface area contributed by atoms with Gasteiger partial charge in [-0.2, -0.15) is 13.2 Å². The SMILES string of the molecule is CCCN=C(NCC)NCCOc1ncc(C(F)(F)F)cc1Cl. The van der Waals surface area contributed by atoms with E-state index in [1.807, 2.05) is 13.8 Å². The summed E-state index contributed by atoms with van der Waals surface area (Å²) < 4.78 is 42.8. The first-order valence-corrected chi connectivity index (χ1v) is 7.64. The summed E-state index contributed by atoms with van der Waals surface area (Å²) in [5.41, 5.74) is -0.908. The predicted octanol–water partition coefficient (Wildman–Crippen LogP) is 3.10. The minimum atomic E-state index is -4.48. The van der Waals surface area contributed by atoms with Gasteiger partial charge in [-0.1, -0.05) is 18.5 Å². The van der Waals surface area contributed by atoms with Crippen molar-refractivity contribution in [1.29, 1.82) is 0 Å². The van der Waals surface area contributed by atoms with Crippen molar-refractivity contribution in [3.63, 3.8) is 0 Å². The van der Waals surface area contributed by atoms with Gasteiger partial charge < -0.3 is 15.4 Å². The number of halogens is 4. The van der Waals surface area contributed by atoms with E-state index in [0.717, 1.165) is 19.0 Å². The van der Waals surface area contributed by atoms with Crippen molar-refractivity contribution in [2.75, 3.05) is 26.2 Å². The van der Waals surface area contributed by atoms with Gasteiger partial charge >= 0.3 is 6.18 Å². The molecule has 0 radical (unpaired) electrons. The smallest absolute Gasteiger partial charge is 0.417 e. The molecule has 1 heterocycles. The maximum atomic E-state index is 12.5. The molecular formula is C14H20ClF3N4O. The lowest BCUT2D eigenvalue weighted by Crippen LogP contribution is -2.39. The first-order valence-electron chi connectivity index (χ1n) is 7.26. The summed E-state index contributed by atoms with van der Waals surface area (Å²) in [6, 6.07) is 0.796. The summed E-state index contributed by atoms with van der Waals surface area (Å²) in [6.07, 6.45) is -2.85. The van der Waals surface area contributed by atoms with Crippen LogP contribution in [0, 0.1) is 0 Å². The van der Waals surface area contributed by atoms with E-state index in [9.17, 15) is 13.2 Å². The van der Waals surface area contributed by atoms with Gasteiger partial charge in [0.15, 0.2) is 5.96 Å². The first-order chi connectivity index (χ1) is 10.9. The zero-order chi connectivity index (χ0) is 17.3. The van der Waals surface area contributed by atoms with Gasteiger partial charge in [0.25, 0.3) is 0 Å². The Balaban J connectivity index is 2.49. The van der Waals surface area contributed by atoms with Crippen LogP contribution in [0.3, 0.4) is 0 Å². The van der Waals surface area contributed by atoms with Crippen molar-refractivity contribution in [2.45, 2.75) is 26.4 Å². The summed E-state index contributed by atoms with van der Waals surface area (Å²) in [5.74, 6) is 0.626. The van der Waals surface area contributed by atoms with E-state index in [2.05, 4.69) is 20.6 Å². The Labute approximate surface area is 138 Å². The lowest BCUT2D eigenvalue weighted by Gasteiger charge is -2.13. The van der Waals surface area contributed by atoms with E-state index < -0.39 is 11.7 Å². The predicted molar refractivity (Wildman–Crippen MR) is 84.0 cm³/mol. The third-order valence-electron chi connectivity index (χ3n) is 2.61. The number of nitrogens with one attached hydrogen (secondary N) is 2. The van der Waals surface area contributed by atoms with Gasteiger partial charge in [-0.25, -0.2) is 4.98 Å². The molecule has 1 rings (SSSR count). The van der Waals surface area contributed by atoms with Crippen molar-refractivity contribution in [1.82, 2.24) is 15.6 Å². The van der Waals surface area contributed by atoms with Crippen LogP contribution in [-0.4, -0.2) is 37.2 Å². The number of alkyl halides is 3. The van der Waals surface area contributed by atoms with Crippen LogP contribution in [0.5, 0.6) is 5.88 Å². The van der Waals surface area contributed by atoms with Gasteiger partial charge in [-0.15, -0.1) is 0 Å². The number of guanidine groups is 1. The van der Waals surface area contributed by atoms with Crippen molar-refractivity contribution < 1.29 is 17.9 Å². The molecular weight excluding hydrogens is 333 g/mol. The summed E-state index contributed by atoms with van der Waals surface area (Å²) in [7, 11) is 0. The molecule has 0 saturated carbocycles. The zero-order valence-electron chi connectivity index (χ0n) is 13.0. The molecule has 1 aromatic heterocycles. The average Bonchev–Trinajstić information content (AvgIpc) is 2.49. The molecule has 2 N–H and O–H groups in total. The molecule has 0 amide bonds. The van der Waals surface area contributed by atoms with E-state index in [1.165, 1.54) is 0 Å². The first kappa shape index (κ1) is 19.3. The molecule has 0 aromatic carbocycles. The number of aromatic nitrogens is 1. The lowest BCUT2D eigenvalue weighted by molar-refractivity contribution is -0.137. The van der Waals surface area contributed by atoms with Crippen LogP contribution in [-0.2, 0) is 6.18 Å². The number of hydrogen-bond donors (Lipinski definition) is 2. The normalized spacial score (nSPS) is 12.2. The highest BCUT2D eigenvalue weighted by molar-refractivity contribution is 6.31. The van der Waals surface area contributed by atoms with E-state index in [1.54, 1.807) is 0 Å². The van der Waals surface area contributed by atoms with Crippen LogP contribution in [0.2, 0.25) is 5.02 Å². The second kappa shape index (κ2) is 9.44. The zero-order valence-corrected chi connectivity index (χ0v) is 13.8. The average molecular weight is 353 g/mol. The van der Waals surface area contributed by atoms with Crippen molar-refractivity contribution in [2.24, 2.45) is 4.99 Å². The molecule has 0 saturated heterocycles. The molecule has 130 valence electrons. The Bertz CT molecular complexity index is 523. The number of ether oxygens (including phenoxy) is 1. The minimum absolute atomic E-state index is 0.0306. The molecule has 0 aliphatic heterocycles. The Morgan fingerprint density at radius 3 is 2.65 bits per heavy atom. The summed E-state index contributed by atoms with van der Waals surface area (Å²) in [6.45, 7) is 5.99. The third-order valence-corrected chi connectivity index (χ3v) is 2.88. The standard InChI is InChI=1S/C14H20ClF3N4O/c1-3-5-20-13(19-4-2)21-6-7-23-12-11(15)8-10(9-22-12)14(16,17)18/h8-9H,3-7H2,1-2H3,(H2,19,20,21). The highest BCUT2D eigenvalue weighted by Gasteiger charge is 2.31. The van der Waals surface area contributed by atoms with Crippen molar-refractivity contribution >= 4 is 17.6 Å². The molecule has 1 aromatic rings. The van der Waals surface area contributed by atoms with E-state index in [4.69, 9.17) is 16.3 Å². The van der Waals surface area contributed by atoms with Crippen LogP contribution >= 0.6 is 11.6 Å². The van der Waals surface area contributed by atoms with Crippen LogP contribution < -0.4 is 15.4 Å². The highest BCUT2D eigenvalue weighted by atomic mass is 35.5. The molecule has 0 aliphatic carbocycles. The number of aliphatic imine (C=N–C) groups is 1. The molecule has 23 heavy (non-hydrogen) atoms. The fraction of sp³-hybridized carbons (Fsp3) is 0.571. The number of pyridine rings is 1. The fourth-order valence-corrected chi connectivity index (χ4v) is 1.79. The second-order valence-corrected chi connectivity index (χ2v) is 4.95. The molecule has 0 spiro atoms. The maximum Gasteiger partial charge on any atom is 0.417 e. The van der Waals surface area contributed by atoms with E-state index in [0.29, 0.717) is 25.2 Å². The fourth-order valence-electron chi connectivity index (χ4n) is 1.57. The Morgan fingerprint density at radius 2 is 2.09 bits per heavy atom. The largest absolute Gasteiger partial charge is 0.475 e. The number of hydrogen-bond acceptors (Lipinski definition) is 3. The van der Waals surface area contributed by atoms with Crippen molar-refractivity contribution in [3.05, 3.63) is 22.8 Å². The summed E-state index contributed by atoms with van der Waals surface area (Å²) >= 11 is 5.75. The molecule has 0 aliphatic rings. The van der Waals surface area contributed by atoms with Crippen LogP contribution in [0.4, 0.5) is 13.2 Å². The van der Waals surface area contributed by atoms with E-state index >= 15 is 0 Å². The Hall–Kier alpha value is -1.70. The molecule has 0 unspecified atom stereocenters.